The van der Waals surface area contributed by atoms with Crippen molar-refractivity contribution in [3.05, 3.63) is 35.7 Å². The summed E-state index contributed by atoms with van der Waals surface area (Å²) in [5.41, 5.74) is 6.68. The quantitative estimate of drug-likeness (QED) is 0.876. The van der Waals surface area contributed by atoms with E-state index in [2.05, 4.69) is 10.3 Å². The van der Waals surface area contributed by atoms with E-state index in [0.29, 0.717) is 22.9 Å². The van der Waals surface area contributed by atoms with Crippen LogP contribution in [-0.2, 0) is 4.79 Å². The lowest BCUT2D eigenvalue weighted by Gasteiger charge is -2.01. The molecular weight excluding hydrogens is 246 g/mol. The second-order valence-electron chi connectivity index (χ2n) is 4.05. The Kier molecular flexibility index (Phi) is 3.33. The van der Waals surface area contributed by atoms with Gasteiger partial charge in [-0.1, -0.05) is 0 Å². The minimum absolute atomic E-state index is 0.126. The van der Waals surface area contributed by atoms with E-state index in [9.17, 15) is 9.59 Å². The number of aryl methyl sites for hydroxylation is 1. The molecule has 0 bridgehead atoms. The number of carbonyl (C=O) groups is 2. The van der Waals surface area contributed by atoms with Gasteiger partial charge in [0, 0.05) is 18.2 Å². The molecule has 0 fully saturated rings. The summed E-state index contributed by atoms with van der Waals surface area (Å²) < 4.78 is 5.38. The van der Waals surface area contributed by atoms with Gasteiger partial charge in [-0.05, 0) is 31.2 Å². The number of amides is 2. The van der Waals surface area contributed by atoms with Crippen LogP contribution in [-0.4, -0.2) is 16.8 Å². The maximum Gasteiger partial charge on any atom is 0.270 e. The summed E-state index contributed by atoms with van der Waals surface area (Å²) in [5.74, 6) is -0.0628. The van der Waals surface area contributed by atoms with Gasteiger partial charge in [0.25, 0.3) is 5.91 Å². The number of hydrogen-bond acceptors (Lipinski definition) is 4. The number of carbonyl (C=O) groups excluding carboxylic acids is 2. The second-order valence-corrected chi connectivity index (χ2v) is 4.05. The molecule has 0 aliphatic rings. The molecular formula is C13H13N3O3. The summed E-state index contributed by atoms with van der Waals surface area (Å²) in [5, 5.41) is 2.65. The number of nitrogens with zero attached hydrogens (tertiary/aromatic N) is 1. The van der Waals surface area contributed by atoms with Crippen LogP contribution in [0.3, 0.4) is 0 Å². The zero-order chi connectivity index (χ0) is 14.0. The van der Waals surface area contributed by atoms with Gasteiger partial charge in [0.1, 0.15) is 5.76 Å². The third-order valence-electron chi connectivity index (χ3n) is 2.48. The van der Waals surface area contributed by atoms with Gasteiger partial charge in [0.2, 0.25) is 11.8 Å². The summed E-state index contributed by atoms with van der Waals surface area (Å²) >= 11 is 0. The Bertz CT molecular complexity index is 629. The lowest BCUT2D eigenvalue weighted by molar-refractivity contribution is -0.114. The number of primary amides is 1. The monoisotopic (exact) mass is 259 g/mol. The molecule has 1 heterocycles. The summed E-state index contributed by atoms with van der Waals surface area (Å²) in [6.45, 7) is 3.06. The van der Waals surface area contributed by atoms with Crippen LogP contribution in [0.4, 0.5) is 5.69 Å². The number of aromatic nitrogens is 1. The van der Waals surface area contributed by atoms with Gasteiger partial charge in [0.05, 0.1) is 0 Å². The number of anilines is 1. The van der Waals surface area contributed by atoms with Crippen LogP contribution in [0.5, 0.6) is 0 Å². The fourth-order valence-corrected chi connectivity index (χ4v) is 1.65. The van der Waals surface area contributed by atoms with Crippen LogP contribution >= 0.6 is 0 Å². The molecule has 6 nitrogen and oxygen atoms in total. The molecule has 0 aliphatic heterocycles. The van der Waals surface area contributed by atoms with E-state index in [1.54, 1.807) is 31.2 Å². The average molecular weight is 259 g/mol. The van der Waals surface area contributed by atoms with Crippen LogP contribution in [0, 0.1) is 6.92 Å². The van der Waals surface area contributed by atoms with E-state index >= 15 is 0 Å². The lowest BCUT2D eigenvalue weighted by Crippen LogP contribution is -2.12. The van der Waals surface area contributed by atoms with Gasteiger partial charge in [-0.15, -0.1) is 0 Å². The van der Waals surface area contributed by atoms with E-state index in [4.69, 9.17) is 10.2 Å². The normalized spacial score (nSPS) is 10.2. The Morgan fingerprint density at radius 2 is 1.89 bits per heavy atom. The molecule has 6 heteroatoms. The highest BCUT2D eigenvalue weighted by Crippen LogP contribution is 2.23. The van der Waals surface area contributed by atoms with Crippen molar-refractivity contribution in [2.75, 3.05) is 5.32 Å². The van der Waals surface area contributed by atoms with Crippen molar-refractivity contribution in [2.24, 2.45) is 5.73 Å². The molecule has 98 valence electrons. The van der Waals surface area contributed by atoms with Crippen molar-refractivity contribution in [1.82, 2.24) is 4.98 Å². The fourth-order valence-electron chi connectivity index (χ4n) is 1.65. The number of benzene rings is 1. The van der Waals surface area contributed by atoms with E-state index in [1.807, 2.05) is 0 Å². The summed E-state index contributed by atoms with van der Waals surface area (Å²) in [4.78, 5) is 26.0. The third kappa shape index (κ3) is 2.79. The van der Waals surface area contributed by atoms with Crippen molar-refractivity contribution in [1.29, 1.82) is 0 Å². The predicted octanol–water partition coefficient (Wildman–Crippen LogP) is 1.71. The van der Waals surface area contributed by atoms with Gasteiger partial charge in [-0.2, -0.15) is 0 Å². The molecule has 0 atom stereocenters. The van der Waals surface area contributed by atoms with Crippen LogP contribution in [0.2, 0.25) is 0 Å². The second kappa shape index (κ2) is 4.93. The minimum Gasteiger partial charge on any atom is -0.441 e. The highest BCUT2D eigenvalue weighted by molar-refractivity contribution is 5.92. The Morgan fingerprint density at radius 3 is 2.37 bits per heavy atom. The molecule has 3 N–H and O–H groups in total. The highest BCUT2D eigenvalue weighted by Gasteiger charge is 2.15. The smallest absolute Gasteiger partial charge is 0.270 e. The lowest BCUT2D eigenvalue weighted by atomic mass is 10.2. The van der Waals surface area contributed by atoms with Gasteiger partial charge in [-0.3, -0.25) is 9.59 Å². The van der Waals surface area contributed by atoms with E-state index in [0.717, 1.165) is 0 Å². The number of nitrogens with two attached hydrogens (primary N) is 1. The molecule has 2 rings (SSSR count). The van der Waals surface area contributed by atoms with Gasteiger partial charge >= 0.3 is 0 Å². The third-order valence-corrected chi connectivity index (χ3v) is 2.48. The topological polar surface area (TPSA) is 98.2 Å². The predicted molar refractivity (Wildman–Crippen MR) is 69.5 cm³/mol. The number of hydrogen-bond donors (Lipinski definition) is 2. The molecule has 0 aliphatic carbocycles. The number of rotatable bonds is 3. The molecule has 2 amide bonds. The maximum atomic E-state index is 11.1. The molecule has 0 saturated carbocycles. The summed E-state index contributed by atoms with van der Waals surface area (Å²) in [6.07, 6.45) is 0. The molecule has 0 saturated heterocycles. The molecule has 1 aromatic heterocycles. The van der Waals surface area contributed by atoms with Crippen molar-refractivity contribution >= 4 is 17.5 Å². The van der Waals surface area contributed by atoms with Gasteiger partial charge < -0.3 is 15.5 Å². The molecule has 1 aromatic carbocycles. The molecule has 19 heavy (non-hydrogen) atoms. The van der Waals surface area contributed by atoms with E-state index in [1.165, 1.54) is 6.92 Å². The Labute approximate surface area is 109 Å². The summed E-state index contributed by atoms with van der Waals surface area (Å²) in [6, 6.07) is 6.92. The first-order valence-electron chi connectivity index (χ1n) is 5.62. The van der Waals surface area contributed by atoms with Gasteiger partial charge in [0.15, 0.2) is 5.69 Å². The van der Waals surface area contributed by atoms with Crippen molar-refractivity contribution in [2.45, 2.75) is 13.8 Å². The molecule has 0 radical (unpaired) electrons. The van der Waals surface area contributed by atoms with E-state index < -0.39 is 5.91 Å². The summed E-state index contributed by atoms with van der Waals surface area (Å²) in [7, 11) is 0. The Balaban J connectivity index is 2.29. The maximum absolute atomic E-state index is 11.1. The Hall–Kier alpha value is -2.63. The minimum atomic E-state index is -0.623. The molecule has 0 unspecified atom stereocenters. The first-order valence-corrected chi connectivity index (χ1v) is 5.62. The van der Waals surface area contributed by atoms with Crippen molar-refractivity contribution < 1.29 is 14.0 Å². The van der Waals surface area contributed by atoms with Gasteiger partial charge in [-0.25, -0.2) is 4.98 Å². The standard InChI is InChI=1S/C13H13N3O3/c1-7-11(12(14)18)16-13(19-7)9-3-5-10(6-4-9)15-8(2)17/h3-6H,1-2H3,(H2,14,18)(H,15,17). The van der Waals surface area contributed by atoms with Crippen LogP contribution in [0.15, 0.2) is 28.7 Å². The zero-order valence-electron chi connectivity index (χ0n) is 10.6. The zero-order valence-corrected chi connectivity index (χ0v) is 10.6. The SMILES string of the molecule is CC(=O)Nc1ccc(-c2nc(C(N)=O)c(C)o2)cc1. The van der Waals surface area contributed by atoms with Crippen LogP contribution in [0.1, 0.15) is 23.2 Å². The molecule has 0 spiro atoms. The molecule has 2 aromatic rings. The Morgan fingerprint density at radius 1 is 1.26 bits per heavy atom. The van der Waals surface area contributed by atoms with Crippen LogP contribution < -0.4 is 11.1 Å². The fraction of sp³-hybridized carbons (Fsp3) is 0.154. The van der Waals surface area contributed by atoms with E-state index in [-0.39, 0.29) is 11.6 Å². The number of oxazole rings is 1. The average Bonchev–Trinajstić information content (AvgIpc) is 2.71. The number of nitrogens with one attached hydrogen (secondary N) is 1. The first kappa shape index (κ1) is 12.8. The highest BCUT2D eigenvalue weighted by atomic mass is 16.4. The largest absolute Gasteiger partial charge is 0.441 e. The van der Waals surface area contributed by atoms with Crippen molar-refractivity contribution in [3.8, 4) is 11.5 Å². The van der Waals surface area contributed by atoms with Crippen LogP contribution in [0.25, 0.3) is 11.5 Å². The first-order chi connectivity index (χ1) is 8.97. The van der Waals surface area contributed by atoms with Crippen molar-refractivity contribution in [3.63, 3.8) is 0 Å².